The molecule has 0 aliphatic rings. The lowest BCUT2D eigenvalue weighted by molar-refractivity contribution is 0.466. The van der Waals surface area contributed by atoms with E-state index in [-0.39, 0.29) is 0 Å². The highest BCUT2D eigenvalue weighted by atomic mass is 16.3. The molecule has 0 fully saturated rings. The second-order valence-electron chi connectivity index (χ2n) is 5.18. The molecule has 0 radical (unpaired) electrons. The van der Waals surface area contributed by atoms with E-state index in [4.69, 9.17) is 0 Å². The Morgan fingerprint density at radius 1 is 0.833 bits per heavy atom. The molecule has 2 rings (SSSR count). The zero-order valence-corrected chi connectivity index (χ0v) is 11.5. The highest BCUT2D eigenvalue weighted by Gasteiger charge is 2.05. The van der Waals surface area contributed by atoms with Gasteiger partial charge in [-0.25, -0.2) is 0 Å². The SMILES string of the molecule is Cc1ccc(Cc2cc(C)c(O)c(C)c2)c(C)c1. The molecule has 18 heavy (non-hydrogen) atoms. The molecule has 0 amide bonds. The van der Waals surface area contributed by atoms with Crippen molar-refractivity contribution in [3.63, 3.8) is 0 Å². The minimum absolute atomic E-state index is 0.416. The highest BCUT2D eigenvalue weighted by molar-refractivity contribution is 5.44. The zero-order chi connectivity index (χ0) is 13.3. The molecule has 0 unspecified atom stereocenters. The van der Waals surface area contributed by atoms with Crippen LogP contribution >= 0.6 is 0 Å². The van der Waals surface area contributed by atoms with E-state index in [1.165, 1.54) is 22.3 Å². The predicted octanol–water partition coefficient (Wildman–Crippen LogP) is 4.22. The van der Waals surface area contributed by atoms with Crippen LogP contribution < -0.4 is 0 Å². The second kappa shape index (κ2) is 4.85. The topological polar surface area (TPSA) is 20.2 Å². The van der Waals surface area contributed by atoms with E-state index in [0.717, 1.165) is 17.5 Å². The summed E-state index contributed by atoms with van der Waals surface area (Å²) in [5, 5.41) is 9.79. The molecule has 0 aromatic heterocycles. The van der Waals surface area contributed by atoms with Gasteiger partial charge in [-0.3, -0.25) is 0 Å². The predicted molar refractivity (Wildman–Crippen MR) is 76.3 cm³/mol. The van der Waals surface area contributed by atoms with Gasteiger partial charge in [-0.1, -0.05) is 35.9 Å². The minimum atomic E-state index is 0.416. The molecule has 0 heterocycles. The Hall–Kier alpha value is -1.76. The summed E-state index contributed by atoms with van der Waals surface area (Å²) in [6.45, 7) is 8.18. The number of aryl methyl sites for hydroxylation is 4. The first-order valence-corrected chi connectivity index (χ1v) is 6.32. The lowest BCUT2D eigenvalue weighted by Crippen LogP contribution is -1.94. The van der Waals surface area contributed by atoms with Crippen LogP contribution in [0.25, 0.3) is 0 Å². The monoisotopic (exact) mass is 240 g/mol. The summed E-state index contributed by atoms with van der Waals surface area (Å²) < 4.78 is 0. The summed E-state index contributed by atoms with van der Waals surface area (Å²) in [5.74, 6) is 0.416. The minimum Gasteiger partial charge on any atom is -0.507 e. The number of hydrogen-bond acceptors (Lipinski definition) is 1. The van der Waals surface area contributed by atoms with E-state index < -0.39 is 0 Å². The molecule has 2 aromatic rings. The Bertz CT molecular complexity index is 559. The molecule has 0 bridgehead atoms. The van der Waals surface area contributed by atoms with E-state index >= 15 is 0 Å². The number of phenols is 1. The van der Waals surface area contributed by atoms with Crippen LogP contribution in [-0.4, -0.2) is 5.11 Å². The van der Waals surface area contributed by atoms with Crippen molar-refractivity contribution in [2.75, 3.05) is 0 Å². The molecule has 2 aromatic carbocycles. The molecule has 0 atom stereocenters. The number of phenolic OH excluding ortho intramolecular Hbond substituents is 1. The van der Waals surface area contributed by atoms with Gasteiger partial charge in [-0.05, 0) is 61.9 Å². The van der Waals surface area contributed by atoms with Crippen molar-refractivity contribution in [2.24, 2.45) is 0 Å². The number of benzene rings is 2. The van der Waals surface area contributed by atoms with Gasteiger partial charge < -0.3 is 5.11 Å². The Labute approximate surface area is 109 Å². The Kier molecular flexibility index (Phi) is 3.42. The summed E-state index contributed by atoms with van der Waals surface area (Å²) in [5.41, 5.74) is 7.15. The zero-order valence-electron chi connectivity index (χ0n) is 11.5. The normalized spacial score (nSPS) is 10.7. The van der Waals surface area contributed by atoms with Crippen LogP contribution in [-0.2, 0) is 6.42 Å². The van der Waals surface area contributed by atoms with E-state index in [1.807, 2.05) is 13.8 Å². The van der Waals surface area contributed by atoms with Gasteiger partial charge in [0.15, 0.2) is 0 Å². The van der Waals surface area contributed by atoms with Crippen LogP contribution in [0.2, 0.25) is 0 Å². The van der Waals surface area contributed by atoms with Gasteiger partial charge in [-0.2, -0.15) is 0 Å². The van der Waals surface area contributed by atoms with Gasteiger partial charge in [0, 0.05) is 0 Å². The maximum absolute atomic E-state index is 9.79. The average Bonchev–Trinajstić information content (AvgIpc) is 2.29. The Morgan fingerprint density at radius 2 is 1.44 bits per heavy atom. The fourth-order valence-electron chi connectivity index (χ4n) is 2.41. The molecule has 0 saturated heterocycles. The van der Waals surface area contributed by atoms with Gasteiger partial charge in [0.1, 0.15) is 5.75 Å². The lowest BCUT2D eigenvalue weighted by Gasteiger charge is -2.10. The fraction of sp³-hybridized carbons (Fsp3) is 0.294. The number of rotatable bonds is 2. The van der Waals surface area contributed by atoms with Crippen molar-refractivity contribution in [2.45, 2.75) is 34.1 Å². The fourth-order valence-corrected chi connectivity index (χ4v) is 2.41. The summed E-state index contributed by atoms with van der Waals surface area (Å²) in [6.07, 6.45) is 0.925. The summed E-state index contributed by atoms with van der Waals surface area (Å²) in [7, 11) is 0. The van der Waals surface area contributed by atoms with Crippen LogP contribution in [0, 0.1) is 27.7 Å². The van der Waals surface area contributed by atoms with Crippen molar-refractivity contribution in [3.05, 3.63) is 63.7 Å². The van der Waals surface area contributed by atoms with E-state index in [9.17, 15) is 5.11 Å². The van der Waals surface area contributed by atoms with Crippen molar-refractivity contribution in [3.8, 4) is 5.75 Å². The van der Waals surface area contributed by atoms with Crippen molar-refractivity contribution in [1.82, 2.24) is 0 Å². The first kappa shape index (κ1) is 12.7. The molecule has 0 aliphatic carbocycles. The molecule has 1 N–H and O–H groups in total. The Morgan fingerprint density at radius 3 is 2.00 bits per heavy atom. The van der Waals surface area contributed by atoms with Crippen molar-refractivity contribution < 1.29 is 5.11 Å². The molecule has 0 spiro atoms. The van der Waals surface area contributed by atoms with Crippen LogP contribution in [0.5, 0.6) is 5.75 Å². The standard InChI is InChI=1S/C17H20O/c1-11-5-6-16(12(2)7-11)10-15-8-13(3)17(18)14(4)9-15/h5-9,18H,10H2,1-4H3. The van der Waals surface area contributed by atoms with E-state index in [2.05, 4.69) is 44.2 Å². The molecule has 1 heteroatoms. The molecular formula is C17H20O. The van der Waals surface area contributed by atoms with Gasteiger partial charge >= 0.3 is 0 Å². The second-order valence-corrected chi connectivity index (χ2v) is 5.18. The van der Waals surface area contributed by atoms with Crippen molar-refractivity contribution in [1.29, 1.82) is 0 Å². The quantitative estimate of drug-likeness (QED) is 0.833. The molecule has 1 nitrogen and oxygen atoms in total. The van der Waals surface area contributed by atoms with Gasteiger partial charge in [0.05, 0.1) is 0 Å². The summed E-state index contributed by atoms with van der Waals surface area (Å²) in [6, 6.07) is 10.7. The van der Waals surface area contributed by atoms with Gasteiger partial charge in [-0.15, -0.1) is 0 Å². The third-order valence-electron chi connectivity index (χ3n) is 3.44. The number of aromatic hydroxyl groups is 1. The van der Waals surface area contributed by atoms with Crippen molar-refractivity contribution >= 4 is 0 Å². The largest absolute Gasteiger partial charge is 0.507 e. The molecule has 94 valence electrons. The third-order valence-corrected chi connectivity index (χ3v) is 3.44. The van der Waals surface area contributed by atoms with Crippen LogP contribution in [0.4, 0.5) is 0 Å². The molecular weight excluding hydrogens is 220 g/mol. The van der Waals surface area contributed by atoms with E-state index in [1.54, 1.807) is 0 Å². The van der Waals surface area contributed by atoms with Gasteiger partial charge in [0.25, 0.3) is 0 Å². The molecule has 0 aliphatic heterocycles. The highest BCUT2D eigenvalue weighted by Crippen LogP contribution is 2.25. The Balaban J connectivity index is 2.34. The third kappa shape index (κ3) is 2.56. The van der Waals surface area contributed by atoms with Crippen LogP contribution in [0.15, 0.2) is 30.3 Å². The van der Waals surface area contributed by atoms with Crippen LogP contribution in [0.1, 0.15) is 33.4 Å². The van der Waals surface area contributed by atoms with E-state index in [0.29, 0.717) is 5.75 Å². The number of hydrogen-bond donors (Lipinski definition) is 1. The first-order chi connectivity index (χ1) is 8.47. The summed E-state index contributed by atoms with van der Waals surface area (Å²) >= 11 is 0. The summed E-state index contributed by atoms with van der Waals surface area (Å²) in [4.78, 5) is 0. The lowest BCUT2D eigenvalue weighted by atomic mass is 9.96. The average molecular weight is 240 g/mol. The smallest absolute Gasteiger partial charge is 0.121 e. The maximum atomic E-state index is 9.79. The first-order valence-electron chi connectivity index (χ1n) is 6.32. The van der Waals surface area contributed by atoms with Crippen LogP contribution in [0.3, 0.4) is 0 Å². The maximum Gasteiger partial charge on any atom is 0.121 e. The van der Waals surface area contributed by atoms with Gasteiger partial charge in [0.2, 0.25) is 0 Å². The molecule has 0 saturated carbocycles.